The van der Waals surface area contributed by atoms with Gasteiger partial charge in [0, 0.05) is 19.2 Å². The van der Waals surface area contributed by atoms with Crippen molar-refractivity contribution in [2.45, 2.75) is 13.1 Å². The molecule has 6 nitrogen and oxygen atoms in total. The third-order valence-electron chi connectivity index (χ3n) is 4.32. The van der Waals surface area contributed by atoms with Crippen LogP contribution in [0.1, 0.15) is 11.1 Å². The zero-order valence-electron chi connectivity index (χ0n) is 13.9. The van der Waals surface area contributed by atoms with Crippen LogP contribution >= 0.6 is 0 Å². The van der Waals surface area contributed by atoms with Crippen LogP contribution in [0.5, 0.6) is 0 Å². The first-order valence-corrected chi connectivity index (χ1v) is 8.18. The molecule has 0 atom stereocenters. The zero-order chi connectivity index (χ0) is 17.2. The second-order valence-electron chi connectivity index (χ2n) is 6.01. The normalized spacial score (nSPS) is 12.6. The largest absolute Gasteiger partial charge is 0.338 e. The van der Waals surface area contributed by atoms with Gasteiger partial charge in [0.1, 0.15) is 5.82 Å². The summed E-state index contributed by atoms with van der Waals surface area (Å²) in [6, 6.07) is 17.6. The molecule has 2 heterocycles. The molecule has 0 saturated carbocycles. The van der Waals surface area contributed by atoms with E-state index < -0.39 is 0 Å². The Balaban J connectivity index is 1.62. The Labute approximate surface area is 146 Å². The SMILES string of the molecule is Cn1ncc2c1Nc1ccccc1N(C(=O)NCc1ccccc1)C2. The number of carbonyl (C=O) groups excluding carboxylic acids is 1. The molecule has 2 aromatic carbocycles. The van der Waals surface area contributed by atoms with Crippen LogP contribution in [0.3, 0.4) is 0 Å². The number of aromatic nitrogens is 2. The summed E-state index contributed by atoms with van der Waals surface area (Å²) in [5.41, 5.74) is 3.79. The molecule has 0 radical (unpaired) electrons. The molecule has 4 rings (SSSR count). The van der Waals surface area contributed by atoms with Crippen molar-refractivity contribution in [2.24, 2.45) is 7.05 Å². The maximum Gasteiger partial charge on any atom is 0.322 e. The average Bonchev–Trinajstić information content (AvgIpc) is 2.90. The van der Waals surface area contributed by atoms with E-state index in [0.29, 0.717) is 13.1 Å². The van der Waals surface area contributed by atoms with Crippen molar-refractivity contribution >= 4 is 23.2 Å². The van der Waals surface area contributed by atoms with Crippen LogP contribution in [0.4, 0.5) is 22.0 Å². The summed E-state index contributed by atoms with van der Waals surface area (Å²) in [5.74, 6) is 0.908. The first-order valence-electron chi connectivity index (χ1n) is 8.18. The van der Waals surface area contributed by atoms with Gasteiger partial charge >= 0.3 is 6.03 Å². The summed E-state index contributed by atoms with van der Waals surface area (Å²) >= 11 is 0. The van der Waals surface area contributed by atoms with E-state index in [1.807, 2.05) is 61.6 Å². The highest BCUT2D eigenvalue weighted by Crippen LogP contribution is 2.35. The highest BCUT2D eigenvalue weighted by Gasteiger charge is 2.25. The van der Waals surface area contributed by atoms with E-state index in [1.165, 1.54) is 0 Å². The number of aryl methyl sites for hydroxylation is 1. The van der Waals surface area contributed by atoms with E-state index in [-0.39, 0.29) is 6.03 Å². The number of hydrogen-bond donors (Lipinski definition) is 2. The van der Waals surface area contributed by atoms with Crippen LogP contribution in [-0.4, -0.2) is 15.8 Å². The summed E-state index contributed by atoms with van der Waals surface area (Å²) in [7, 11) is 1.89. The average molecular weight is 333 g/mol. The number of urea groups is 1. The van der Waals surface area contributed by atoms with Gasteiger partial charge in [-0.25, -0.2) is 4.79 Å². The minimum absolute atomic E-state index is 0.130. The fourth-order valence-corrected chi connectivity index (χ4v) is 3.01. The van der Waals surface area contributed by atoms with Gasteiger partial charge in [-0.1, -0.05) is 42.5 Å². The number of hydrogen-bond acceptors (Lipinski definition) is 3. The Kier molecular flexibility index (Phi) is 3.85. The standard InChI is InChI=1S/C19H19N5O/c1-23-18-15(12-21-23)13-24(17-10-6-5-9-16(17)22-18)19(25)20-11-14-7-3-2-4-8-14/h2-10,12,22H,11,13H2,1H3,(H,20,25). The second-order valence-corrected chi connectivity index (χ2v) is 6.01. The minimum Gasteiger partial charge on any atom is -0.338 e. The molecule has 3 aromatic rings. The summed E-state index contributed by atoms with van der Waals surface area (Å²) in [4.78, 5) is 14.6. The predicted molar refractivity (Wildman–Crippen MR) is 97.8 cm³/mol. The van der Waals surface area contributed by atoms with Gasteiger partial charge in [0.15, 0.2) is 0 Å². The monoisotopic (exact) mass is 333 g/mol. The lowest BCUT2D eigenvalue weighted by Gasteiger charge is -2.23. The second kappa shape index (κ2) is 6.32. The number of nitrogens with zero attached hydrogens (tertiary/aromatic N) is 3. The molecule has 1 aromatic heterocycles. The van der Waals surface area contributed by atoms with Crippen molar-refractivity contribution in [3.8, 4) is 0 Å². The van der Waals surface area contributed by atoms with Gasteiger partial charge in [-0.2, -0.15) is 5.10 Å². The lowest BCUT2D eigenvalue weighted by Crippen LogP contribution is -2.39. The van der Waals surface area contributed by atoms with Crippen LogP contribution in [0.2, 0.25) is 0 Å². The smallest absolute Gasteiger partial charge is 0.322 e. The third kappa shape index (κ3) is 2.94. The molecule has 0 saturated heterocycles. The molecule has 0 spiro atoms. The molecule has 2 amide bonds. The van der Waals surface area contributed by atoms with Crippen molar-refractivity contribution in [3.63, 3.8) is 0 Å². The van der Waals surface area contributed by atoms with Crippen LogP contribution in [0.15, 0.2) is 60.8 Å². The van der Waals surface area contributed by atoms with Crippen molar-refractivity contribution in [3.05, 3.63) is 71.9 Å². The quantitative estimate of drug-likeness (QED) is 0.755. The highest BCUT2D eigenvalue weighted by molar-refractivity contribution is 5.97. The maximum atomic E-state index is 12.9. The summed E-state index contributed by atoms with van der Waals surface area (Å²) in [6.07, 6.45) is 1.80. The number of carbonyl (C=O) groups is 1. The maximum absolute atomic E-state index is 12.9. The zero-order valence-corrected chi connectivity index (χ0v) is 13.9. The number of anilines is 3. The molecule has 0 aliphatic carbocycles. The van der Waals surface area contributed by atoms with Gasteiger partial charge in [0.05, 0.1) is 24.1 Å². The molecular formula is C19H19N5O. The molecule has 0 fully saturated rings. The summed E-state index contributed by atoms with van der Waals surface area (Å²) < 4.78 is 1.79. The first-order chi connectivity index (χ1) is 12.2. The predicted octanol–water partition coefficient (Wildman–Crippen LogP) is 3.39. The minimum atomic E-state index is -0.130. The number of benzene rings is 2. The van der Waals surface area contributed by atoms with E-state index in [1.54, 1.807) is 15.8 Å². The van der Waals surface area contributed by atoms with E-state index in [2.05, 4.69) is 15.7 Å². The molecule has 0 bridgehead atoms. The van der Waals surface area contributed by atoms with E-state index >= 15 is 0 Å². The lowest BCUT2D eigenvalue weighted by molar-refractivity contribution is 0.245. The van der Waals surface area contributed by atoms with Gasteiger partial charge in [-0.15, -0.1) is 0 Å². The highest BCUT2D eigenvalue weighted by atomic mass is 16.2. The number of rotatable bonds is 2. The Morgan fingerprint density at radius 3 is 2.76 bits per heavy atom. The van der Waals surface area contributed by atoms with Crippen LogP contribution in [0, 0.1) is 0 Å². The lowest BCUT2D eigenvalue weighted by atomic mass is 10.2. The van der Waals surface area contributed by atoms with Crippen molar-refractivity contribution < 1.29 is 4.79 Å². The van der Waals surface area contributed by atoms with Gasteiger partial charge in [-0.05, 0) is 17.7 Å². The molecule has 126 valence electrons. The first kappa shape index (κ1) is 15.3. The number of amides is 2. The number of nitrogens with one attached hydrogen (secondary N) is 2. The van der Waals surface area contributed by atoms with Gasteiger partial charge in [-0.3, -0.25) is 9.58 Å². The van der Waals surface area contributed by atoms with Gasteiger partial charge in [0.2, 0.25) is 0 Å². The van der Waals surface area contributed by atoms with Crippen molar-refractivity contribution in [1.29, 1.82) is 0 Å². The molecule has 2 N–H and O–H groups in total. The van der Waals surface area contributed by atoms with Gasteiger partial charge < -0.3 is 10.6 Å². The fraction of sp³-hybridized carbons (Fsp3) is 0.158. The van der Waals surface area contributed by atoms with E-state index in [0.717, 1.165) is 28.3 Å². The van der Waals surface area contributed by atoms with Crippen molar-refractivity contribution in [1.82, 2.24) is 15.1 Å². The van der Waals surface area contributed by atoms with E-state index in [9.17, 15) is 4.79 Å². The van der Waals surface area contributed by atoms with Crippen LogP contribution < -0.4 is 15.5 Å². The Morgan fingerprint density at radius 1 is 1.16 bits per heavy atom. The van der Waals surface area contributed by atoms with Crippen LogP contribution in [0.25, 0.3) is 0 Å². The Morgan fingerprint density at radius 2 is 1.92 bits per heavy atom. The molecule has 6 heteroatoms. The molecule has 25 heavy (non-hydrogen) atoms. The Hall–Kier alpha value is -3.28. The molecule has 0 unspecified atom stereocenters. The van der Waals surface area contributed by atoms with E-state index in [4.69, 9.17) is 0 Å². The number of para-hydroxylation sites is 2. The summed E-state index contributed by atoms with van der Waals surface area (Å²) in [5, 5.41) is 10.7. The molecule has 1 aliphatic rings. The van der Waals surface area contributed by atoms with Crippen molar-refractivity contribution in [2.75, 3.05) is 10.2 Å². The fourth-order valence-electron chi connectivity index (χ4n) is 3.01. The number of fused-ring (bicyclic) bond motifs is 2. The molecular weight excluding hydrogens is 314 g/mol. The third-order valence-corrected chi connectivity index (χ3v) is 4.32. The molecule has 1 aliphatic heterocycles. The van der Waals surface area contributed by atoms with Gasteiger partial charge in [0.25, 0.3) is 0 Å². The van der Waals surface area contributed by atoms with Crippen LogP contribution in [-0.2, 0) is 20.1 Å². The Bertz CT molecular complexity index is 903. The topological polar surface area (TPSA) is 62.2 Å². The summed E-state index contributed by atoms with van der Waals surface area (Å²) in [6.45, 7) is 0.958.